The number of nitrogens with one attached hydrogen (secondary N) is 1. The Morgan fingerprint density at radius 1 is 1.05 bits per heavy atom. The summed E-state index contributed by atoms with van der Waals surface area (Å²) in [6.07, 6.45) is 12.4. The third kappa shape index (κ3) is 3.57. The van der Waals surface area contributed by atoms with Crippen LogP contribution in [0.2, 0.25) is 0 Å². The largest absolute Gasteiger partial charge is 0.313 e. The van der Waals surface area contributed by atoms with Gasteiger partial charge >= 0.3 is 0 Å². The standard InChI is InChI=1S/C18H24N2/c1-2-4-15(5-3-1)8-10-19-13-16-6-7-18-14-20-11-9-17(18)12-16/h6-7,9,11-12,14-15,19H,1-5,8,10,13H2. The average Bonchev–Trinajstić information content (AvgIpc) is 2.52. The topological polar surface area (TPSA) is 24.9 Å². The molecule has 0 radical (unpaired) electrons. The molecule has 0 atom stereocenters. The van der Waals surface area contributed by atoms with Crippen molar-refractivity contribution in [1.82, 2.24) is 10.3 Å². The summed E-state index contributed by atoms with van der Waals surface area (Å²) < 4.78 is 0. The summed E-state index contributed by atoms with van der Waals surface area (Å²) >= 11 is 0. The highest BCUT2D eigenvalue weighted by atomic mass is 14.8. The quantitative estimate of drug-likeness (QED) is 0.818. The number of nitrogens with zero attached hydrogens (tertiary/aromatic N) is 1. The summed E-state index contributed by atoms with van der Waals surface area (Å²) in [6.45, 7) is 2.13. The normalized spacial score (nSPS) is 16.6. The van der Waals surface area contributed by atoms with Crippen molar-refractivity contribution >= 4 is 10.8 Å². The molecule has 1 aliphatic carbocycles. The minimum atomic E-state index is 0.971. The van der Waals surface area contributed by atoms with Gasteiger partial charge < -0.3 is 5.32 Å². The first-order valence-corrected chi connectivity index (χ1v) is 7.95. The van der Waals surface area contributed by atoms with Crippen LogP contribution in [-0.4, -0.2) is 11.5 Å². The number of aromatic nitrogens is 1. The van der Waals surface area contributed by atoms with Crippen LogP contribution in [0.3, 0.4) is 0 Å². The second-order valence-electron chi connectivity index (χ2n) is 6.03. The molecule has 1 N–H and O–H groups in total. The maximum atomic E-state index is 4.15. The lowest BCUT2D eigenvalue weighted by Crippen LogP contribution is -2.19. The van der Waals surface area contributed by atoms with Crippen LogP contribution >= 0.6 is 0 Å². The summed E-state index contributed by atoms with van der Waals surface area (Å²) in [5.41, 5.74) is 1.37. The lowest BCUT2D eigenvalue weighted by molar-refractivity contribution is 0.334. The van der Waals surface area contributed by atoms with E-state index in [9.17, 15) is 0 Å². The molecular formula is C18H24N2. The second-order valence-corrected chi connectivity index (χ2v) is 6.03. The first kappa shape index (κ1) is 13.6. The van der Waals surface area contributed by atoms with E-state index in [0.29, 0.717) is 0 Å². The van der Waals surface area contributed by atoms with Gasteiger partial charge in [0.15, 0.2) is 0 Å². The average molecular weight is 268 g/mol. The number of pyridine rings is 1. The molecule has 0 aliphatic heterocycles. The fraction of sp³-hybridized carbons (Fsp3) is 0.500. The zero-order valence-corrected chi connectivity index (χ0v) is 12.1. The number of hydrogen-bond acceptors (Lipinski definition) is 2. The van der Waals surface area contributed by atoms with Gasteiger partial charge in [-0.05, 0) is 42.0 Å². The van der Waals surface area contributed by atoms with E-state index >= 15 is 0 Å². The zero-order chi connectivity index (χ0) is 13.6. The molecule has 0 bridgehead atoms. The molecule has 0 spiro atoms. The molecule has 1 aromatic heterocycles. The Labute approximate surface area is 121 Å². The van der Waals surface area contributed by atoms with Crippen LogP contribution in [-0.2, 0) is 6.54 Å². The number of rotatable bonds is 5. The van der Waals surface area contributed by atoms with Crippen molar-refractivity contribution in [2.75, 3.05) is 6.54 Å². The van der Waals surface area contributed by atoms with E-state index < -0.39 is 0 Å². The SMILES string of the molecule is c1cc2cc(CNCCC3CCCCC3)ccc2cn1. The van der Waals surface area contributed by atoms with E-state index in [1.54, 1.807) is 0 Å². The van der Waals surface area contributed by atoms with Gasteiger partial charge in [-0.3, -0.25) is 4.98 Å². The Bertz CT molecular complexity index is 544. The van der Waals surface area contributed by atoms with Crippen molar-refractivity contribution in [1.29, 1.82) is 0 Å². The fourth-order valence-electron chi connectivity index (χ4n) is 3.26. The van der Waals surface area contributed by atoms with Crippen LogP contribution in [0.1, 0.15) is 44.1 Å². The Balaban J connectivity index is 1.47. The molecule has 1 saturated carbocycles. The molecule has 0 saturated heterocycles. The van der Waals surface area contributed by atoms with Gasteiger partial charge in [0.05, 0.1) is 0 Å². The highest BCUT2D eigenvalue weighted by molar-refractivity contribution is 5.81. The first-order valence-electron chi connectivity index (χ1n) is 7.95. The number of benzene rings is 1. The monoisotopic (exact) mass is 268 g/mol. The molecule has 1 aromatic carbocycles. The summed E-state index contributed by atoms with van der Waals surface area (Å²) in [7, 11) is 0. The Morgan fingerprint density at radius 2 is 1.95 bits per heavy atom. The molecule has 106 valence electrons. The third-order valence-corrected chi connectivity index (χ3v) is 4.49. The van der Waals surface area contributed by atoms with Crippen LogP contribution in [0.5, 0.6) is 0 Å². The molecule has 0 amide bonds. The fourth-order valence-corrected chi connectivity index (χ4v) is 3.26. The first-order chi connectivity index (χ1) is 9.92. The molecule has 2 nitrogen and oxygen atoms in total. The Hall–Kier alpha value is -1.41. The molecule has 0 unspecified atom stereocenters. The summed E-state index contributed by atoms with van der Waals surface area (Å²) in [6, 6.07) is 8.73. The highest BCUT2D eigenvalue weighted by Gasteiger charge is 2.12. The van der Waals surface area contributed by atoms with E-state index in [0.717, 1.165) is 19.0 Å². The van der Waals surface area contributed by atoms with Gasteiger partial charge in [-0.25, -0.2) is 0 Å². The summed E-state index contributed by atoms with van der Waals surface area (Å²) in [4.78, 5) is 4.15. The molecule has 3 rings (SSSR count). The lowest BCUT2D eigenvalue weighted by atomic mass is 9.87. The van der Waals surface area contributed by atoms with Crippen molar-refractivity contribution in [3.8, 4) is 0 Å². The Kier molecular flexibility index (Phi) is 4.65. The minimum absolute atomic E-state index is 0.971. The van der Waals surface area contributed by atoms with Crippen LogP contribution in [0.15, 0.2) is 36.7 Å². The van der Waals surface area contributed by atoms with E-state index in [1.807, 2.05) is 12.4 Å². The van der Waals surface area contributed by atoms with Gasteiger partial charge in [0.1, 0.15) is 0 Å². The highest BCUT2D eigenvalue weighted by Crippen LogP contribution is 2.25. The molecule has 2 heteroatoms. The molecular weight excluding hydrogens is 244 g/mol. The van der Waals surface area contributed by atoms with Crippen molar-refractivity contribution in [2.45, 2.75) is 45.1 Å². The number of fused-ring (bicyclic) bond motifs is 1. The molecule has 1 heterocycles. The van der Waals surface area contributed by atoms with E-state index in [2.05, 4.69) is 34.6 Å². The van der Waals surface area contributed by atoms with Crippen molar-refractivity contribution in [3.05, 3.63) is 42.2 Å². The molecule has 1 aliphatic rings. The minimum Gasteiger partial charge on any atom is -0.313 e. The van der Waals surface area contributed by atoms with Crippen molar-refractivity contribution < 1.29 is 0 Å². The van der Waals surface area contributed by atoms with Crippen molar-refractivity contribution in [3.63, 3.8) is 0 Å². The molecule has 2 aromatic rings. The van der Waals surface area contributed by atoms with Crippen LogP contribution in [0.25, 0.3) is 10.8 Å². The predicted molar refractivity (Wildman–Crippen MR) is 84.6 cm³/mol. The van der Waals surface area contributed by atoms with Gasteiger partial charge in [0.25, 0.3) is 0 Å². The van der Waals surface area contributed by atoms with E-state index in [4.69, 9.17) is 0 Å². The number of hydrogen-bond donors (Lipinski definition) is 1. The maximum Gasteiger partial charge on any atom is 0.0346 e. The van der Waals surface area contributed by atoms with Gasteiger partial charge in [-0.2, -0.15) is 0 Å². The lowest BCUT2D eigenvalue weighted by Gasteiger charge is -2.21. The van der Waals surface area contributed by atoms with E-state index in [1.165, 1.54) is 54.9 Å². The maximum absolute atomic E-state index is 4.15. The van der Waals surface area contributed by atoms with Crippen LogP contribution < -0.4 is 5.32 Å². The second kappa shape index (κ2) is 6.85. The third-order valence-electron chi connectivity index (χ3n) is 4.49. The van der Waals surface area contributed by atoms with Crippen LogP contribution in [0, 0.1) is 5.92 Å². The Morgan fingerprint density at radius 3 is 2.85 bits per heavy atom. The summed E-state index contributed by atoms with van der Waals surface area (Å²) in [5, 5.41) is 6.10. The zero-order valence-electron chi connectivity index (χ0n) is 12.1. The van der Waals surface area contributed by atoms with Gasteiger partial charge in [0, 0.05) is 24.3 Å². The molecule has 1 fully saturated rings. The van der Waals surface area contributed by atoms with Gasteiger partial charge in [0.2, 0.25) is 0 Å². The van der Waals surface area contributed by atoms with Crippen molar-refractivity contribution in [2.24, 2.45) is 5.92 Å². The van der Waals surface area contributed by atoms with E-state index in [-0.39, 0.29) is 0 Å². The summed E-state index contributed by atoms with van der Waals surface area (Å²) in [5.74, 6) is 0.971. The van der Waals surface area contributed by atoms with Gasteiger partial charge in [-0.15, -0.1) is 0 Å². The smallest absolute Gasteiger partial charge is 0.0346 e. The predicted octanol–water partition coefficient (Wildman–Crippen LogP) is 4.29. The van der Waals surface area contributed by atoms with Crippen LogP contribution in [0.4, 0.5) is 0 Å². The molecule has 20 heavy (non-hydrogen) atoms. The van der Waals surface area contributed by atoms with Gasteiger partial charge in [-0.1, -0.05) is 44.2 Å².